The second kappa shape index (κ2) is 5.32. The van der Waals surface area contributed by atoms with Crippen LogP contribution in [0.25, 0.3) is 0 Å². The Morgan fingerprint density at radius 1 is 1.60 bits per heavy atom. The molecule has 0 fully saturated rings. The molecule has 0 aliphatic rings. The fourth-order valence-corrected chi connectivity index (χ4v) is 1.27. The molecule has 0 aromatic heterocycles. The lowest BCUT2D eigenvalue weighted by Crippen LogP contribution is -2.17. The van der Waals surface area contributed by atoms with Gasteiger partial charge in [-0.05, 0) is 31.5 Å². The second-order valence-corrected chi connectivity index (χ2v) is 3.36. The molecule has 1 rings (SSSR count). The Kier molecular flexibility index (Phi) is 4.07. The van der Waals surface area contributed by atoms with Crippen molar-refractivity contribution in [1.29, 1.82) is 5.26 Å². The number of hydrogen-bond acceptors (Lipinski definition) is 3. The smallest absolute Gasteiger partial charge is 0.124 e. The molecule has 0 bridgehead atoms. The molecular weight excluding hydrogens is 195 g/mol. The first-order valence-corrected chi connectivity index (χ1v) is 4.74. The lowest BCUT2D eigenvalue weighted by Gasteiger charge is -2.14. The maximum absolute atomic E-state index is 12.8. The van der Waals surface area contributed by atoms with Crippen molar-refractivity contribution in [3.63, 3.8) is 0 Å². The van der Waals surface area contributed by atoms with Crippen LogP contribution < -0.4 is 5.32 Å². The Morgan fingerprint density at radius 3 is 2.93 bits per heavy atom. The van der Waals surface area contributed by atoms with Gasteiger partial charge in [0.05, 0.1) is 11.3 Å². The van der Waals surface area contributed by atoms with Crippen molar-refractivity contribution >= 4 is 5.69 Å². The van der Waals surface area contributed by atoms with E-state index in [2.05, 4.69) is 5.32 Å². The number of rotatable bonds is 4. The maximum atomic E-state index is 12.8. The molecule has 0 saturated carbocycles. The molecule has 1 aromatic rings. The van der Waals surface area contributed by atoms with Crippen molar-refractivity contribution in [2.45, 2.75) is 19.4 Å². The van der Waals surface area contributed by atoms with Crippen LogP contribution >= 0.6 is 0 Å². The van der Waals surface area contributed by atoms with Crippen molar-refractivity contribution in [2.24, 2.45) is 0 Å². The molecule has 2 N–H and O–H groups in total. The Bertz CT molecular complexity index is 373. The van der Waals surface area contributed by atoms with Crippen LogP contribution in [0.1, 0.15) is 18.9 Å². The molecule has 0 aliphatic heterocycles. The zero-order chi connectivity index (χ0) is 11.3. The number of anilines is 1. The van der Waals surface area contributed by atoms with Crippen LogP contribution in [-0.4, -0.2) is 17.8 Å². The highest BCUT2D eigenvalue weighted by Gasteiger charge is 2.06. The molecule has 0 saturated heterocycles. The van der Waals surface area contributed by atoms with Gasteiger partial charge < -0.3 is 10.4 Å². The minimum absolute atomic E-state index is 0.0487. The minimum atomic E-state index is -0.424. The summed E-state index contributed by atoms with van der Waals surface area (Å²) in [6.07, 6.45) is 0.586. The van der Waals surface area contributed by atoms with Crippen LogP contribution in [0.3, 0.4) is 0 Å². The van der Waals surface area contributed by atoms with Gasteiger partial charge in [-0.25, -0.2) is 4.39 Å². The third kappa shape index (κ3) is 3.22. The summed E-state index contributed by atoms with van der Waals surface area (Å²) in [4.78, 5) is 0. The molecule has 1 atom stereocenters. The molecule has 1 aromatic carbocycles. The average molecular weight is 208 g/mol. The molecule has 3 nitrogen and oxygen atoms in total. The Hall–Kier alpha value is -1.60. The number of benzene rings is 1. The zero-order valence-corrected chi connectivity index (χ0v) is 8.50. The average Bonchev–Trinajstić information content (AvgIpc) is 2.21. The predicted molar refractivity (Wildman–Crippen MR) is 55.9 cm³/mol. The third-order valence-electron chi connectivity index (χ3n) is 2.07. The van der Waals surface area contributed by atoms with E-state index in [0.29, 0.717) is 12.1 Å². The summed E-state index contributed by atoms with van der Waals surface area (Å²) < 4.78 is 12.8. The summed E-state index contributed by atoms with van der Waals surface area (Å²) >= 11 is 0. The summed E-state index contributed by atoms with van der Waals surface area (Å²) in [5.41, 5.74) is 0.875. The molecular formula is C11H13FN2O. The molecule has 0 radical (unpaired) electrons. The van der Waals surface area contributed by atoms with Gasteiger partial charge in [0, 0.05) is 12.6 Å². The molecule has 80 valence electrons. The number of nitrogens with zero attached hydrogens (tertiary/aromatic N) is 1. The van der Waals surface area contributed by atoms with E-state index < -0.39 is 5.82 Å². The van der Waals surface area contributed by atoms with Crippen LogP contribution in [0.5, 0.6) is 0 Å². The predicted octanol–water partition coefficient (Wildman–Crippen LogP) is 1.88. The van der Waals surface area contributed by atoms with E-state index in [1.807, 2.05) is 13.0 Å². The number of halogens is 1. The van der Waals surface area contributed by atoms with Crippen molar-refractivity contribution in [2.75, 3.05) is 11.9 Å². The van der Waals surface area contributed by atoms with E-state index in [4.69, 9.17) is 10.4 Å². The second-order valence-electron chi connectivity index (χ2n) is 3.36. The molecule has 1 unspecified atom stereocenters. The van der Waals surface area contributed by atoms with Crippen molar-refractivity contribution in [3.8, 4) is 6.07 Å². The quantitative estimate of drug-likeness (QED) is 0.794. The highest BCUT2D eigenvalue weighted by atomic mass is 19.1. The van der Waals surface area contributed by atoms with E-state index in [-0.39, 0.29) is 18.2 Å². The van der Waals surface area contributed by atoms with Crippen molar-refractivity contribution < 1.29 is 9.50 Å². The molecule has 15 heavy (non-hydrogen) atoms. The highest BCUT2D eigenvalue weighted by molar-refractivity contribution is 5.57. The van der Waals surface area contributed by atoms with E-state index in [0.717, 1.165) is 0 Å². The van der Waals surface area contributed by atoms with Gasteiger partial charge in [0.15, 0.2) is 0 Å². The van der Waals surface area contributed by atoms with Gasteiger partial charge >= 0.3 is 0 Å². The Balaban J connectivity index is 2.81. The molecule has 0 heterocycles. The monoisotopic (exact) mass is 208 g/mol. The molecule has 4 heteroatoms. The SMILES string of the molecule is CC(CCO)Nc1ccc(F)cc1C#N. The first kappa shape index (κ1) is 11.5. The van der Waals surface area contributed by atoms with Crippen LogP contribution in [0, 0.1) is 17.1 Å². The van der Waals surface area contributed by atoms with Gasteiger partial charge in [-0.2, -0.15) is 5.26 Å². The van der Waals surface area contributed by atoms with Crippen LogP contribution in [0.15, 0.2) is 18.2 Å². The molecule has 0 aliphatic carbocycles. The molecule has 0 amide bonds. The first-order valence-electron chi connectivity index (χ1n) is 4.74. The number of nitrogens with one attached hydrogen (secondary N) is 1. The maximum Gasteiger partial charge on any atom is 0.124 e. The van der Waals surface area contributed by atoms with Crippen molar-refractivity contribution in [3.05, 3.63) is 29.6 Å². The van der Waals surface area contributed by atoms with E-state index in [1.54, 1.807) is 0 Å². The van der Waals surface area contributed by atoms with E-state index in [1.165, 1.54) is 18.2 Å². The normalized spacial score (nSPS) is 11.9. The van der Waals surface area contributed by atoms with Gasteiger partial charge in [-0.3, -0.25) is 0 Å². The fraction of sp³-hybridized carbons (Fsp3) is 0.364. The number of aliphatic hydroxyl groups is 1. The largest absolute Gasteiger partial charge is 0.396 e. The lowest BCUT2D eigenvalue weighted by atomic mass is 10.1. The standard InChI is InChI=1S/C11H13FN2O/c1-8(4-5-15)14-11-3-2-10(12)6-9(11)7-13/h2-3,6,8,14-15H,4-5H2,1H3. The topological polar surface area (TPSA) is 56.0 Å². The summed E-state index contributed by atoms with van der Waals surface area (Å²) in [5, 5.41) is 20.5. The van der Waals surface area contributed by atoms with Gasteiger partial charge in [0.1, 0.15) is 11.9 Å². The lowest BCUT2D eigenvalue weighted by molar-refractivity contribution is 0.282. The summed E-state index contributed by atoms with van der Waals surface area (Å²) in [7, 11) is 0. The van der Waals surface area contributed by atoms with Crippen LogP contribution in [0.4, 0.5) is 10.1 Å². The van der Waals surface area contributed by atoms with Crippen LogP contribution in [0.2, 0.25) is 0 Å². The Labute approximate surface area is 88.2 Å². The summed E-state index contributed by atoms with van der Waals surface area (Å²) in [5.74, 6) is -0.424. The number of nitriles is 1. The highest BCUT2D eigenvalue weighted by Crippen LogP contribution is 2.17. The third-order valence-corrected chi connectivity index (χ3v) is 2.07. The minimum Gasteiger partial charge on any atom is -0.396 e. The van der Waals surface area contributed by atoms with E-state index >= 15 is 0 Å². The van der Waals surface area contributed by atoms with Gasteiger partial charge in [-0.1, -0.05) is 0 Å². The first-order chi connectivity index (χ1) is 7.17. The van der Waals surface area contributed by atoms with Gasteiger partial charge in [0.2, 0.25) is 0 Å². The van der Waals surface area contributed by atoms with Gasteiger partial charge in [-0.15, -0.1) is 0 Å². The Morgan fingerprint density at radius 2 is 2.33 bits per heavy atom. The van der Waals surface area contributed by atoms with E-state index in [9.17, 15) is 4.39 Å². The summed E-state index contributed by atoms with van der Waals surface area (Å²) in [6, 6.07) is 5.99. The fourth-order valence-electron chi connectivity index (χ4n) is 1.27. The van der Waals surface area contributed by atoms with Crippen LogP contribution in [-0.2, 0) is 0 Å². The summed E-state index contributed by atoms with van der Waals surface area (Å²) in [6.45, 7) is 1.97. The number of aliphatic hydroxyl groups excluding tert-OH is 1. The van der Waals surface area contributed by atoms with Gasteiger partial charge in [0.25, 0.3) is 0 Å². The zero-order valence-electron chi connectivity index (χ0n) is 8.50. The van der Waals surface area contributed by atoms with Crippen molar-refractivity contribution in [1.82, 2.24) is 0 Å². The molecule has 0 spiro atoms. The number of hydrogen-bond donors (Lipinski definition) is 2.